The third-order valence-corrected chi connectivity index (χ3v) is 6.08. The summed E-state index contributed by atoms with van der Waals surface area (Å²) in [5, 5.41) is 3.20. The summed E-state index contributed by atoms with van der Waals surface area (Å²) < 4.78 is 1.76. The van der Waals surface area contributed by atoms with Gasteiger partial charge in [-0.15, -0.1) is 11.3 Å². The van der Waals surface area contributed by atoms with E-state index in [2.05, 4.69) is 52.1 Å². The fourth-order valence-corrected chi connectivity index (χ4v) is 4.33. The lowest BCUT2D eigenvalue weighted by Gasteiger charge is -2.33. The van der Waals surface area contributed by atoms with E-state index in [0.717, 1.165) is 54.2 Å². The summed E-state index contributed by atoms with van der Waals surface area (Å²) in [6, 6.07) is 3.78. The summed E-state index contributed by atoms with van der Waals surface area (Å²) in [6.07, 6.45) is 5.46. The number of rotatable bonds is 3. The van der Waals surface area contributed by atoms with Crippen molar-refractivity contribution in [1.29, 1.82) is 0 Å². The Hall–Kier alpha value is -2.28. The van der Waals surface area contributed by atoms with Gasteiger partial charge in [-0.3, -0.25) is 9.36 Å². The van der Waals surface area contributed by atoms with E-state index in [1.165, 1.54) is 0 Å². The largest absolute Gasteiger partial charge is 0.356 e. The highest BCUT2D eigenvalue weighted by Crippen LogP contribution is 2.30. The summed E-state index contributed by atoms with van der Waals surface area (Å²) in [5.41, 5.74) is 0.795. The zero-order valence-electron chi connectivity index (χ0n) is 16.1. The highest BCUT2D eigenvalue weighted by atomic mass is 32.1. The molecule has 27 heavy (non-hydrogen) atoms. The lowest BCUT2D eigenvalue weighted by molar-refractivity contribution is 0.349. The van der Waals surface area contributed by atoms with Crippen LogP contribution in [0.2, 0.25) is 0 Å². The summed E-state index contributed by atoms with van der Waals surface area (Å²) >= 11 is 1.65. The van der Waals surface area contributed by atoms with Crippen LogP contribution >= 0.6 is 11.3 Å². The molecule has 0 aliphatic carbocycles. The number of piperidine rings is 1. The molecule has 1 saturated heterocycles. The minimum absolute atomic E-state index is 0.0492. The van der Waals surface area contributed by atoms with Crippen LogP contribution in [0.5, 0.6) is 0 Å². The zero-order chi connectivity index (χ0) is 19.0. The zero-order valence-corrected chi connectivity index (χ0v) is 16.9. The van der Waals surface area contributed by atoms with Gasteiger partial charge in [0.25, 0.3) is 5.56 Å². The molecule has 142 valence electrons. The number of anilines is 1. The number of aromatic nitrogens is 4. The topological polar surface area (TPSA) is 63.9 Å². The fourth-order valence-electron chi connectivity index (χ4n) is 3.61. The lowest BCUT2D eigenvalue weighted by Crippen LogP contribution is -2.37. The third kappa shape index (κ3) is 3.74. The van der Waals surface area contributed by atoms with Crippen molar-refractivity contribution >= 4 is 27.4 Å². The van der Waals surface area contributed by atoms with Crippen LogP contribution in [0.3, 0.4) is 0 Å². The van der Waals surface area contributed by atoms with Crippen molar-refractivity contribution in [3.05, 3.63) is 46.2 Å². The van der Waals surface area contributed by atoms with Gasteiger partial charge >= 0.3 is 0 Å². The van der Waals surface area contributed by atoms with Gasteiger partial charge in [-0.05, 0) is 30.2 Å². The van der Waals surface area contributed by atoms with E-state index in [4.69, 9.17) is 0 Å². The first-order valence-electron chi connectivity index (χ1n) is 9.42. The molecule has 0 saturated carbocycles. The normalized spacial score (nSPS) is 16.2. The predicted molar refractivity (Wildman–Crippen MR) is 110 cm³/mol. The molecule has 6 nitrogen and oxygen atoms in total. The Morgan fingerprint density at radius 2 is 1.96 bits per heavy atom. The Labute approximate surface area is 162 Å². The first kappa shape index (κ1) is 18.1. The van der Waals surface area contributed by atoms with Gasteiger partial charge in [0.05, 0.1) is 17.4 Å². The Bertz CT molecular complexity index is 995. The van der Waals surface area contributed by atoms with Gasteiger partial charge < -0.3 is 4.90 Å². The fraction of sp³-hybridized carbons (Fsp3) is 0.500. The van der Waals surface area contributed by atoms with Gasteiger partial charge in [-0.25, -0.2) is 15.0 Å². The second-order valence-corrected chi connectivity index (χ2v) is 9.18. The number of nitrogens with zero attached hydrogens (tertiary/aromatic N) is 5. The Morgan fingerprint density at radius 1 is 1.19 bits per heavy atom. The van der Waals surface area contributed by atoms with Crippen LogP contribution < -0.4 is 10.5 Å². The molecule has 1 aliphatic rings. The standard InChI is InChI=1S/C20H25N5OS/c1-20(2,3)16-10-17(26)25(13-23-16)11-14-4-7-24(8-5-14)18-15-6-9-27-19(15)22-12-21-18/h6,9-10,12-14H,4-5,7-8,11H2,1-3H3. The minimum atomic E-state index is -0.103. The Balaban J connectivity index is 1.43. The van der Waals surface area contributed by atoms with Crippen molar-refractivity contribution in [2.24, 2.45) is 5.92 Å². The van der Waals surface area contributed by atoms with Crippen molar-refractivity contribution in [3.63, 3.8) is 0 Å². The molecule has 0 atom stereocenters. The quantitative estimate of drug-likeness (QED) is 0.693. The van der Waals surface area contributed by atoms with Gasteiger partial charge in [0.1, 0.15) is 17.0 Å². The van der Waals surface area contributed by atoms with Crippen molar-refractivity contribution < 1.29 is 0 Å². The highest BCUT2D eigenvalue weighted by molar-refractivity contribution is 7.16. The number of thiophene rings is 1. The van der Waals surface area contributed by atoms with Crippen molar-refractivity contribution in [2.45, 2.75) is 45.6 Å². The van der Waals surface area contributed by atoms with E-state index in [1.54, 1.807) is 34.6 Å². The molecule has 0 bridgehead atoms. The maximum atomic E-state index is 12.5. The molecule has 0 radical (unpaired) electrons. The molecule has 0 aromatic carbocycles. The van der Waals surface area contributed by atoms with Crippen LogP contribution in [0.15, 0.2) is 35.0 Å². The molecule has 7 heteroatoms. The number of hydrogen-bond acceptors (Lipinski definition) is 6. The molecule has 4 rings (SSSR count). The predicted octanol–water partition coefficient (Wildman–Crippen LogP) is 3.46. The van der Waals surface area contributed by atoms with Crippen LogP contribution in [-0.2, 0) is 12.0 Å². The van der Waals surface area contributed by atoms with Crippen LogP contribution in [0.25, 0.3) is 10.2 Å². The molecule has 4 heterocycles. The van der Waals surface area contributed by atoms with E-state index in [0.29, 0.717) is 5.92 Å². The number of hydrogen-bond donors (Lipinski definition) is 0. The maximum absolute atomic E-state index is 12.5. The van der Waals surface area contributed by atoms with Crippen LogP contribution in [0, 0.1) is 5.92 Å². The van der Waals surface area contributed by atoms with Gasteiger partial charge in [-0.1, -0.05) is 20.8 Å². The van der Waals surface area contributed by atoms with Crippen LogP contribution in [0.4, 0.5) is 5.82 Å². The van der Waals surface area contributed by atoms with E-state index in [1.807, 2.05) is 0 Å². The van der Waals surface area contributed by atoms with Gasteiger partial charge in [-0.2, -0.15) is 0 Å². The van der Waals surface area contributed by atoms with Crippen molar-refractivity contribution in [2.75, 3.05) is 18.0 Å². The van der Waals surface area contributed by atoms with Crippen LogP contribution in [0.1, 0.15) is 39.3 Å². The minimum Gasteiger partial charge on any atom is -0.356 e. The molecule has 0 unspecified atom stereocenters. The summed E-state index contributed by atoms with van der Waals surface area (Å²) in [5.74, 6) is 1.52. The monoisotopic (exact) mass is 383 g/mol. The second-order valence-electron chi connectivity index (χ2n) is 8.28. The van der Waals surface area contributed by atoms with E-state index in [9.17, 15) is 4.79 Å². The average Bonchev–Trinajstić information content (AvgIpc) is 3.12. The Morgan fingerprint density at radius 3 is 2.67 bits per heavy atom. The van der Waals surface area contributed by atoms with Crippen LogP contribution in [-0.4, -0.2) is 32.6 Å². The summed E-state index contributed by atoms with van der Waals surface area (Å²) in [6.45, 7) is 8.87. The van der Waals surface area contributed by atoms with Gasteiger partial charge in [0.15, 0.2) is 0 Å². The highest BCUT2D eigenvalue weighted by Gasteiger charge is 2.23. The van der Waals surface area contributed by atoms with E-state index < -0.39 is 0 Å². The van der Waals surface area contributed by atoms with Gasteiger partial charge in [0, 0.05) is 31.1 Å². The first-order valence-corrected chi connectivity index (χ1v) is 10.3. The summed E-state index contributed by atoms with van der Waals surface area (Å²) in [4.78, 5) is 29.2. The molecular formula is C20H25N5OS. The molecule has 1 fully saturated rings. The molecule has 3 aromatic rings. The first-order chi connectivity index (χ1) is 12.9. The van der Waals surface area contributed by atoms with Crippen molar-refractivity contribution in [1.82, 2.24) is 19.5 Å². The van der Waals surface area contributed by atoms with E-state index >= 15 is 0 Å². The average molecular weight is 384 g/mol. The van der Waals surface area contributed by atoms with E-state index in [-0.39, 0.29) is 11.0 Å². The third-order valence-electron chi connectivity index (χ3n) is 5.26. The molecule has 1 aliphatic heterocycles. The molecular weight excluding hydrogens is 358 g/mol. The second kappa shape index (κ2) is 7.03. The maximum Gasteiger partial charge on any atom is 0.253 e. The smallest absolute Gasteiger partial charge is 0.253 e. The molecule has 0 spiro atoms. The Kier molecular flexibility index (Phi) is 4.72. The van der Waals surface area contributed by atoms with Gasteiger partial charge in [0.2, 0.25) is 0 Å². The summed E-state index contributed by atoms with van der Waals surface area (Å²) in [7, 11) is 0. The molecule has 0 N–H and O–H groups in total. The number of fused-ring (bicyclic) bond motifs is 1. The molecule has 3 aromatic heterocycles. The molecule has 0 amide bonds. The SMILES string of the molecule is CC(C)(C)c1cc(=O)n(CC2CCN(c3ncnc4sccc34)CC2)cn1. The lowest BCUT2D eigenvalue weighted by atomic mass is 9.92. The van der Waals surface area contributed by atoms with Crippen molar-refractivity contribution in [3.8, 4) is 0 Å².